The maximum Gasteiger partial charge on any atom is 0.142 e. The first-order valence-corrected chi connectivity index (χ1v) is 5.61. The number of rotatable bonds is 5. The molecule has 90 valence electrons. The van der Waals surface area contributed by atoms with Crippen LogP contribution in [-0.2, 0) is 0 Å². The summed E-state index contributed by atoms with van der Waals surface area (Å²) in [6, 6.07) is 4.39. The van der Waals surface area contributed by atoms with E-state index in [2.05, 4.69) is 19.2 Å². The van der Waals surface area contributed by atoms with Gasteiger partial charge in [0, 0.05) is 12.1 Å². The van der Waals surface area contributed by atoms with Gasteiger partial charge in [-0.1, -0.05) is 6.92 Å². The van der Waals surface area contributed by atoms with Crippen LogP contribution in [0.25, 0.3) is 0 Å². The second-order valence-corrected chi connectivity index (χ2v) is 3.98. The van der Waals surface area contributed by atoms with Gasteiger partial charge in [0.25, 0.3) is 0 Å². The van der Waals surface area contributed by atoms with Gasteiger partial charge in [0.1, 0.15) is 11.5 Å². The van der Waals surface area contributed by atoms with Crippen molar-refractivity contribution in [2.75, 3.05) is 19.5 Å². The second-order valence-electron chi connectivity index (χ2n) is 3.98. The fraction of sp³-hybridized carbons (Fsp3) is 0.538. The minimum atomic E-state index is 0.418. The van der Waals surface area contributed by atoms with Crippen molar-refractivity contribution >= 4 is 5.69 Å². The first-order valence-electron chi connectivity index (χ1n) is 5.61. The van der Waals surface area contributed by atoms with Crippen LogP contribution in [0.15, 0.2) is 12.1 Å². The van der Waals surface area contributed by atoms with E-state index in [9.17, 15) is 0 Å². The molecule has 0 bridgehead atoms. The maximum absolute atomic E-state index is 5.35. The lowest BCUT2D eigenvalue weighted by Crippen LogP contribution is -2.14. The van der Waals surface area contributed by atoms with E-state index in [1.165, 1.54) is 0 Å². The van der Waals surface area contributed by atoms with E-state index in [4.69, 9.17) is 9.47 Å². The van der Waals surface area contributed by atoms with E-state index in [1.54, 1.807) is 14.2 Å². The number of ether oxygens (including phenoxy) is 2. The number of benzene rings is 1. The summed E-state index contributed by atoms with van der Waals surface area (Å²) in [6.45, 7) is 6.30. The summed E-state index contributed by atoms with van der Waals surface area (Å²) >= 11 is 0. The van der Waals surface area contributed by atoms with E-state index < -0.39 is 0 Å². The molecule has 0 aliphatic rings. The number of hydrogen-bond acceptors (Lipinski definition) is 3. The van der Waals surface area contributed by atoms with Crippen LogP contribution in [-0.4, -0.2) is 20.3 Å². The Labute approximate surface area is 97.8 Å². The number of aryl methyl sites for hydroxylation is 1. The summed E-state index contributed by atoms with van der Waals surface area (Å²) in [5, 5.41) is 3.41. The Morgan fingerprint density at radius 2 is 1.81 bits per heavy atom. The van der Waals surface area contributed by atoms with Crippen molar-refractivity contribution in [3.05, 3.63) is 17.7 Å². The average molecular weight is 223 g/mol. The van der Waals surface area contributed by atoms with Gasteiger partial charge < -0.3 is 14.8 Å². The van der Waals surface area contributed by atoms with Gasteiger partial charge in [0.05, 0.1) is 19.9 Å². The minimum Gasteiger partial charge on any atom is -0.496 e. The molecule has 0 aliphatic heterocycles. The van der Waals surface area contributed by atoms with Crippen molar-refractivity contribution in [1.82, 2.24) is 0 Å². The van der Waals surface area contributed by atoms with Crippen molar-refractivity contribution in [3.8, 4) is 11.5 Å². The van der Waals surface area contributed by atoms with Crippen LogP contribution in [0.3, 0.4) is 0 Å². The van der Waals surface area contributed by atoms with Crippen LogP contribution in [0, 0.1) is 6.92 Å². The number of nitrogens with one attached hydrogen (secondary N) is 1. The van der Waals surface area contributed by atoms with E-state index in [-0.39, 0.29) is 0 Å². The Kier molecular flexibility index (Phi) is 4.47. The Hall–Kier alpha value is -1.38. The fourth-order valence-corrected chi connectivity index (χ4v) is 1.53. The third-order valence-electron chi connectivity index (χ3n) is 2.73. The van der Waals surface area contributed by atoms with Crippen molar-refractivity contribution in [3.63, 3.8) is 0 Å². The quantitative estimate of drug-likeness (QED) is 0.831. The van der Waals surface area contributed by atoms with Gasteiger partial charge in [-0.05, 0) is 31.9 Å². The highest BCUT2D eigenvalue weighted by Crippen LogP contribution is 2.32. The third kappa shape index (κ3) is 2.81. The maximum atomic E-state index is 5.35. The van der Waals surface area contributed by atoms with Gasteiger partial charge in [-0.2, -0.15) is 0 Å². The minimum absolute atomic E-state index is 0.418. The molecule has 16 heavy (non-hydrogen) atoms. The smallest absolute Gasteiger partial charge is 0.142 e. The summed E-state index contributed by atoms with van der Waals surface area (Å²) in [5.41, 5.74) is 2.06. The fourth-order valence-electron chi connectivity index (χ4n) is 1.53. The zero-order valence-electron chi connectivity index (χ0n) is 10.8. The largest absolute Gasteiger partial charge is 0.496 e. The number of hydrogen-bond donors (Lipinski definition) is 1. The molecule has 1 N–H and O–H groups in total. The number of anilines is 1. The SMILES string of the molecule is CCC(C)Nc1cc(OC)c(C)cc1OC. The summed E-state index contributed by atoms with van der Waals surface area (Å²) in [7, 11) is 3.37. The molecule has 0 radical (unpaired) electrons. The highest BCUT2D eigenvalue weighted by Gasteiger charge is 2.09. The van der Waals surface area contributed by atoms with Gasteiger partial charge in [0.15, 0.2) is 0 Å². The van der Waals surface area contributed by atoms with Gasteiger partial charge in [-0.3, -0.25) is 0 Å². The van der Waals surface area contributed by atoms with Gasteiger partial charge >= 0.3 is 0 Å². The standard InChI is InChI=1S/C13H21NO2/c1-6-10(3)14-11-8-12(15-4)9(2)7-13(11)16-5/h7-8,10,14H,6H2,1-5H3. The highest BCUT2D eigenvalue weighted by atomic mass is 16.5. The molecule has 3 heteroatoms. The first-order chi connectivity index (χ1) is 7.62. The lowest BCUT2D eigenvalue weighted by Gasteiger charge is -2.18. The van der Waals surface area contributed by atoms with Crippen LogP contribution in [0.4, 0.5) is 5.69 Å². The second kappa shape index (κ2) is 5.64. The number of methoxy groups -OCH3 is 2. The van der Waals surface area contributed by atoms with Gasteiger partial charge in [-0.15, -0.1) is 0 Å². The highest BCUT2D eigenvalue weighted by molar-refractivity contribution is 5.62. The van der Waals surface area contributed by atoms with Crippen LogP contribution in [0.1, 0.15) is 25.8 Å². The molecule has 0 saturated heterocycles. The predicted octanol–water partition coefficient (Wildman–Crippen LogP) is 3.22. The van der Waals surface area contributed by atoms with E-state index in [0.29, 0.717) is 6.04 Å². The Balaban J connectivity index is 3.04. The topological polar surface area (TPSA) is 30.5 Å². The molecule has 1 rings (SSSR count). The third-order valence-corrected chi connectivity index (χ3v) is 2.73. The molecular formula is C13H21NO2. The Bertz CT molecular complexity index is 350. The molecule has 0 fully saturated rings. The average Bonchev–Trinajstić information content (AvgIpc) is 2.30. The summed E-state index contributed by atoms with van der Waals surface area (Å²) in [4.78, 5) is 0. The Morgan fingerprint density at radius 3 is 2.31 bits per heavy atom. The lowest BCUT2D eigenvalue weighted by atomic mass is 10.1. The molecule has 1 unspecified atom stereocenters. The van der Waals surface area contributed by atoms with Crippen LogP contribution >= 0.6 is 0 Å². The molecule has 1 aromatic carbocycles. The van der Waals surface area contributed by atoms with Gasteiger partial charge in [0.2, 0.25) is 0 Å². The summed E-state index contributed by atoms with van der Waals surface area (Å²) in [5.74, 6) is 1.74. The van der Waals surface area contributed by atoms with Gasteiger partial charge in [-0.25, -0.2) is 0 Å². The zero-order chi connectivity index (χ0) is 12.1. The monoisotopic (exact) mass is 223 g/mol. The molecule has 0 aromatic heterocycles. The first kappa shape index (κ1) is 12.7. The van der Waals surface area contributed by atoms with Crippen LogP contribution in [0.2, 0.25) is 0 Å². The van der Waals surface area contributed by atoms with Crippen molar-refractivity contribution in [2.24, 2.45) is 0 Å². The molecule has 3 nitrogen and oxygen atoms in total. The van der Waals surface area contributed by atoms with E-state index in [0.717, 1.165) is 29.2 Å². The summed E-state index contributed by atoms with van der Waals surface area (Å²) in [6.07, 6.45) is 1.07. The summed E-state index contributed by atoms with van der Waals surface area (Å²) < 4.78 is 10.7. The molecule has 0 amide bonds. The Morgan fingerprint density at radius 1 is 1.19 bits per heavy atom. The van der Waals surface area contributed by atoms with Crippen molar-refractivity contribution in [1.29, 1.82) is 0 Å². The van der Waals surface area contributed by atoms with Crippen molar-refractivity contribution in [2.45, 2.75) is 33.2 Å². The normalized spacial score (nSPS) is 12.1. The van der Waals surface area contributed by atoms with E-state index in [1.807, 2.05) is 19.1 Å². The molecule has 0 aliphatic carbocycles. The molecule has 1 aromatic rings. The van der Waals surface area contributed by atoms with Crippen LogP contribution < -0.4 is 14.8 Å². The molecular weight excluding hydrogens is 202 g/mol. The molecule has 0 spiro atoms. The molecule has 0 saturated carbocycles. The lowest BCUT2D eigenvalue weighted by molar-refractivity contribution is 0.401. The predicted molar refractivity (Wildman–Crippen MR) is 67.7 cm³/mol. The van der Waals surface area contributed by atoms with Crippen LogP contribution in [0.5, 0.6) is 11.5 Å². The van der Waals surface area contributed by atoms with Crippen molar-refractivity contribution < 1.29 is 9.47 Å². The zero-order valence-corrected chi connectivity index (χ0v) is 10.8. The molecule has 0 heterocycles. The van der Waals surface area contributed by atoms with E-state index >= 15 is 0 Å². The molecule has 1 atom stereocenters.